The van der Waals surface area contributed by atoms with E-state index < -0.39 is 13.5 Å². The molecule has 0 aromatic heterocycles. The summed E-state index contributed by atoms with van der Waals surface area (Å²) in [7, 11) is 0. The zero-order valence-corrected chi connectivity index (χ0v) is 16.4. The first-order valence-electron chi connectivity index (χ1n) is 9.55. The Kier molecular flexibility index (Phi) is 6.93. The van der Waals surface area contributed by atoms with Crippen LogP contribution in [0.1, 0.15) is 85.0 Å². The van der Waals surface area contributed by atoms with E-state index >= 15 is 0 Å². The molecule has 2 heteroatoms. The molecule has 118 valence electrons. The second-order valence-electron chi connectivity index (χ2n) is 7.28. The van der Waals surface area contributed by atoms with Gasteiger partial charge < -0.3 is 0 Å². The van der Waals surface area contributed by atoms with Gasteiger partial charge in [-0.1, -0.05) is 0 Å². The van der Waals surface area contributed by atoms with Crippen LogP contribution in [0, 0.1) is 0 Å². The Hall–Kier alpha value is 0.503. The van der Waals surface area contributed by atoms with Crippen molar-refractivity contribution >= 4 is 13.5 Å². The number of hydrogen-bond donors (Lipinski definition) is 0. The summed E-state index contributed by atoms with van der Waals surface area (Å²) in [6.45, 7) is 7.56. The van der Waals surface area contributed by atoms with Crippen molar-refractivity contribution in [1.82, 2.24) is 3.86 Å². The van der Waals surface area contributed by atoms with E-state index in [2.05, 4.69) is 24.6 Å². The monoisotopic (exact) mass is 341 g/mol. The van der Waals surface area contributed by atoms with E-state index in [9.17, 15) is 0 Å². The third-order valence-electron chi connectivity index (χ3n) is 6.46. The molecule has 0 heterocycles. The van der Waals surface area contributed by atoms with Gasteiger partial charge in [0.2, 0.25) is 0 Å². The summed E-state index contributed by atoms with van der Waals surface area (Å²) in [6.07, 6.45) is 15.1. The van der Waals surface area contributed by atoms with E-state index in [0.717, 1.165) is 12.1 Å². The van der Waals surface area contributed by atoms with Crippen molar-refractivity contribution in [3.05, 3.63) is 0 Å². The molecule has 2 aliphatic carbocycles. The van der Waals surface area contributed by atoms with E-state index in [-0.39, 0.29) is 0 Å². The van der Waals surface area contributed by atoms with Crippen molar-refractivity contribution in [3.8, 4) is 0 Å². The van der Waals surface area contributed by atoms with E-state index in [0.29, 0.717) is 0 Å². The SMILES string of the molecule is C[CH2][Ge]([CH2]C)([CH2]C)[N](C1CCCCC1)C1CCCCC1. The molecule has 0 amide bonds. The first-order chi connectivity index (χ1) is 9.77. The van der Waals surface area contributed by atoms with Gasteiger partial charge in [0.25, 0.3) is 0 Å². The molecule has 20 heavy (non-hydrogen) atoms. The summed E-state index contributed by atoms with van der Waals surface area (Å²) in [5, 5.41) is 4.58. The summed E-state index contributed by atoms with van der Waals surface area (Å²) in [4.78, 5) is 0. The van der Waals surface area contributed by atoms with Crippen molar-refractivity contribution < 1.29 is 0 Å². The number of nitrogens with zero attached hydrogens (tertiary/aromatic N) is 1. The normalized spacial score (nSPS) is 23.4. The molecule has 0 N–H and O–H groups in total. The predicted octanol–water partition coefficient (Wildman–Crippen LogP) is 5.96. The third-order valence-corrected chi connectivity index (χ3v) is 18.6. The van der Waals surface area contributed by atoms with Gasteiger partial charge in [-0.3, -0.25) is 0 Å². The van der Waals surface area contributed by atoms with Crippen LogP contribution in [0.3, 0.4) is 0 Å². The van der Waals surface area contributed by atoms with Gasteiger partial charge in [-0.25, -0.2) is 0 Å². The summed E-state index contributed by atoms with van der Waals surface area (Å²) < 4.78 is 3.26. The first-order valence-corrected chi connectivity index (χ1v) is 14.9. The summed E-state index contributed by atoms with van der Waals surface area (Å²) in [6, 6.07) is 1.96. The van der Waals surface area contributed by atoms with Crippen molar-refractivity contribution in [1.29, 1.82) is 0 Å². The molecule has 0 aliphatic heterocycles. The van der Waals surface area contributed by atoms with Crippen LogP contribution >= 0.6 is 0 Å². The Balaban J connectivity index is 2.20. The van der Waals surface area contributed by atoms with E-state index in [1.807, 2.05) is 0 Å². The zero-order valence-electron chi connectivity index (χ0n) is 14.3. The Morgan fingerprint density at radius 2 is 1.00 bits per heavy atom. The van der Waals surface area contributed by atoms with Crippen molar-refractivity contribution in [2.75, 3.05) is 0 Å². The summed E-state index contributed by atoms with van der Waals surface area (Å²) in [5.74, 6) is 0. The molecule has 0 radical (unpaired) electrons. The predicted molar refractivity (Wildman–Crippen MR) is 92.8 cm³/mol. The molecule has 1 nitrogen and oxygen atoms in total. The molecular weight excluding hydrogens is 303 g/mol. The Labute approximate surface area is 130 Å². The molecule has 0 saturated heterocycles. The van der Waals surface area contributed by atoms with Crippen molar-refractivity contribution in [2.45, 2.75) is 113 Å². The fourth-order valence-corrected chi connectivity index (χ4v) is 14.9. The van der Waals surface area contributed by atoms with E-state index in [4.69, 9.17) is 0 Å². The zero-order chi connectivity index (χ0) is 14.4. The molecule has 2 rings (SSSR count). The van der Waals surface area contributed by atoms with Crippen LogP contribution in [0.5, 0.6) is 0 Å². The second-order valence-corrected chi connectivity index (χ2v) is 17.9. The van der Waals surface area contributed by atoms with Crippen LogP contribution in [0.15, 0.2) is 0 Å². The average Bonchev–Trinajstić information content (AvgIpc) is 2.54. The van der Waals surface area contributed by atoms with Gasteiger partial charge >= 0.3 is 130 Å². The van der Waals surface area contributed by atoms with Crippen LogP contribution in [0.25, 0.3) is 0 Å². The average molecular weight is 340 g/mol. The molecule has 0 atom stereocenters. The van der Waals surface area contributed by atoms with Crippen LogP contribution in [0.4, 0.5) is 0 Å². The maximum absolute atomic E-state index is 3.26. The minimum absolute atomic E-state index is 0.978. The fourth-order valence-electron chi connectivity index (χ4n) is 5.09. The molecule has 2 aliphatic rings. The summed E-state index contributed by atoms with van der Waals surface area (Å²) in [5.41, 5.74) is 0. The summed E-state index contributed by atoms with van der Waals surface area (Å²) >= 11 is -1.78. The van der Waals surface area contributed by atoms with Gasteiger partial charge in [-0.15, -0.1) is 0 Å². The maximum atomic E-state index is 3.26. The van der Waals surface area contributed by atoms with Crippen molar-refractivity contribution in [3.63, 3.8) is 0 Å². The van der Waals surface area contributed by atoms with Gasteiger partial charge in [-0.05, 0) is 0 Å². The molecule has 0 unspecified atom stereocenters. The van der Waals surface area contributed by atoms with Crippen LogP contribution in [-0.4, -0.2) is 29.4 Å². The quantitative estimate of drug-likeness (QED) is 0.539. The minimum atomic E-state index is -1.78. The number of hydrogen-bond acceptors (Lipinski definition) is 1. The topological polar surface area (TPSA) is 3.24 Å². The van der Waals surface area contributed by atoms with E-state index in [1.54, 1.807) is 0 Å². The molecule has 2 saturated carbocycles. The second kappa shape index (κ2) is 8.22. The van der Waals surface area contributed by atoms with Gasteiger partial charge in [0.1, 0.15) is 0 Å². The van der Waals surface area contributed by atoms with Gasteiger partial charge in [0.15, 0.2) is 0 Å². The van der Waals surface area contributed by atoms with Gasteiger partial charge in [0, 0.05) is 0 Å². The molecular formula is C18H37GeN. The van der Waals surface area contributed by atoms with E-state index in [1.165, 1.54) is 80.0 Å². The molecule has 0 bridgehead atoms. The Bertz CT molecular complexity index is 236. The molecule has 2 fully saturated rings. The standard InChI is InChI=1S/C18H37GeN/c1-4-19(5-2,6-3)20(17-13-9-7-10-14-17)18-15-11-8-12-16-18/h17-18H,4-16H2,1-3H3. The van der Waals surface area contributed by atoms with Crippen LogP contribution in [0.2, 0.25) is 15.8 Å². The fraction of sp³-hybridized carbons (Fsp3) is 1.00. The van der Waals surface area contributed by atoms with Gasteiger partial charge in [-0.2, -0.15) is 0 Å². The Morgan fingerprint density at radius 1 is 0.650 bits per heavy atom. The molecule has 0 aromatic rings. The van der Waals surface area contributed by atoms with Crippen LogP contribution < -0.4 is 0 Å². The number of rotatable bonds is 6. The van der Waals surface area contributed by atoms with Crippen molar-refractivity contribution in [2.24, 2.45) is 0 Å². The van der Waals surface area contributed by atoms with Gasteiger partial charge in [0.05, 0.1) is 0 Å². The molecule has 0 spiro atoms. The third kappa shape index (κ3) is 3.63. The Morgan fingerprint density at radius 3 is 1.30 bits per heavy atom. The van der Waals surface area contributed by atoms with Crippen LogP contribution in [-0.2, 0) is 0 Å². The molecule has 0 aromatic carbocycles. The first kappa shape index (κ1) is 16.9.